The van der Waals surface area contributed by atoms with Gasteiger partial charge >= 0.3 is 0 Å². The maximum Gasteiger partial charge on any atom is 0.143 e. The highest BCUT2D eigenvalue weighted by molar-refractivity contribution is 9.10. The number of fused-ring (bicyclic) bond motifs is 3. The van der Waals surface area contributed by atoms with Crippen molar-refractivity contribution in [1.82, 2.24) is 15.0 Å². The third-order valence-electron chi connectivity index (χ3n) is 4.30. The summed E-state index contributed by atoms with van der Waals surface area (Å²) >= 11 is 3.55. The van der Waals surface area contributed by atoms with Crippen molar-refractivity contribution >= 4 is 43.7 Å². The van der Waals surface area contributed by atoms with Gasteiger partial charge in [0, 0.05) is 21.4 Å². The quantitative estimate of drug-likeness (QED) is 0.713. The molecule has 2 N–H and O–H groups in total. The summed E-state index contributed by atoms with van der Waals surface area (Å²) in [5.41, 5.74) is 2.00. The number of halogens is 1. The lowest BCUT2D eigenvalue weighted by Crippen LogP contribution is -2.22. The first-order valence-electron chi connectivity index (χ1n) is 7.50. The van der Waals surface area contributed by atoms with Crippen molar-refractivity contribution < 1.29 is 0 Å². The van der Waals surface area contributed by atoms with Crippen LogP contribution in [-0.4, -0.2) is 21.0 Å². The highest BCUT2D eigenvalue weighted by Gasteiger charge is 2.17. The summed E-state index contributed by atoms with van der Waals surface area (Å²) in [6.07, 6.45) is 8.08. The molecule has 1 aromatic carbocycles. The molecule has 0 amide bonds. The second-order valence-electron chi connectivity index (χ2n) is 5.74. The summed E-state index contributed by atoms with van der Waals surface area (Å²) in [7, 11) is 0. The summed E-state index contributed by atoms with van der Waals surface area (Å²) in [6.45, 7) is 0. The van der Waals surface area contributed by atoms with Crippen LogP contribution >= 0.6 is 15.9 Å². The second-order valence-corrected chi connectivity index (χ2v) is 6.66. The van der Waals surface area contributed by atoms with Crippen LogP contribution in [0.5, 0.6) is 0 Å². The van der Waals surface area contributed by atoms with Gasteiger partial charge in [0.1, 0.15) is 17.8 Å². The molecule has 0 spiro atoms. The van der Waals surface area contributed by atoms with Crippen LogP contribution in [0.2, 0.25) is 0 Å². The average Bonchev–Trinajstić information content (AvgIpc) is 2.87. The van der Waals surface area contributed by atoms with E-state index >= 15 is 0 Å². The predicted molar refractivity (Wildman–Crippen MR) is 89.6 cm³/mol. The largest absolute Gasteiger partial charge is 0.367 e. The van der Waals surface area contributed by atoms with E-state index in [0.29, 0.717) is 6.04 Å². The van der Waals surface area contributed by atoms with Crippen molar-refractivity contribution in [1.29, 1.82) is 0 Å². The highest BCUT2D eigenvalue weighted by Crippen LogP contribution is 2.32. The van der Waals surface area contributed by atoms with E-state index in [1.165, 1.54) is 37.5 Å². The zero-order valence-electron chi connectivity index (χ0n) is 11.7. The summed E-state index contributed by atoms with van der Waals surface area (Å²) in [5.74, 6) is 0.955. The number of anilines is 1. The standard InChI is InChI=1S/C16H17BrN4/c17-10-6-7-13-12(8-10)14-15(18-9-19-16(14)21-13)20-11-4-2-1-3-5-11/h6-9,11H,1-5H2,(H2,18,19,20,21). The molecule has 1 saturated carbocycles. The van der Waals surface area contributed by atoms with E-state index in [1.54, 1.807) is 6.33 Å². The van der Waals surface area contributed by atoms with Crippen LogP contribution < -0.4 is 5.32 Å². The van der Waals surface area contributed by atoms with Crippen LogP contribution in [0, 0.1) is 0 Å². The normalized spacial score (nSPS) is 16.6. The van der Waals surface area contributed by atoms with Crippen molar-refractivity contribution in [3.8, 4) is 0 Å². The van der Waals surface area contributed by atoms with Gasteiger partial charge in [0.15, 0.2) is 0 Å². The fourth-order valence-electron chi connectivity index (χ4n) is 3.25. The van der Waals surface area contributed by atoms with E-state index in [-0.39, 0.29) is 0 Å². The summed E-state index contributed by atoms with van der Waals surface area (Å²) < 4.78 is 1.07. The number of aromatic amines is 1. The number of H-pyrrole nitrogens is 1. The van der Waals surface area contributed by atoms with E-state index in [9.17, 15) is 0 Å². The molecule has 0 bridgehead atoms. The summed E-state index contributed by atoms with van der Waals surface area (Å²) in [5, 5.41) is 5.90. The third-order valence-corrected chi connectivity index (χ3v) is 4.79. The SMILES string of the molecule is Brc1ccc2[nH]c3ncnc(NC4CCCCC4)c3c2c1. The fourth-order valence-corrected chi connectivity index (χ4v) is 3.61. The first kappa shape index (κ1) is 13.1. The summed E-state index contributed by atoms with van der Waals surface area (Å²) in [4.78, 5) is 12.2. The molecule has 0 saturated heterocycles. The van der Waals surface area contributed by atoms with Crippen LogP contribution in [0.4, 0.5) is 5.82 Å². The van der Waals surface area contributed by atoms with Crippen LogP contribution in [0.1, 0.15) is 32.1 Å². The first-order valence-corrected chi connectivity index (χ1v) is 8.29. The van der Waals surface area contributed by atoms with Gasteiger partial charge in [-0.25, -0.2) is 9.97 Å². The topological polar surface area (TPSA) is 53.6 Å². The molecule has 0 radical (unpaired) electrons. The van der Waals surface area contributed by atoms with Crippen molar-refractivity contribution in [2.75, 3.05) is 5.32 Å². The second kappa shape index (κ2) is 5.30. The van der Waals surface area contributed by atoms with Crippen LogP contribution in [-0.2, 0) is 0 Å². The number of nitrogens with one attached hydrogen (secondary N) is 2. The maximum absolute atomic E-state index is 4.50. The van der Waals surface area contributed by atoms with Gasteiger partial charge in [-0.1, -0.05) is 35.2 Å². The van der Waals surface area contributed by atoms with Crippen LogP contribution in [0.15, 0.2) is 29.0 Å². The minimum atomic E-state index is 0.536. The van der Waals surface area contributed by atoms with Gasteiger partial charge in [-0.3, -0.25) is 0 Å². The Balaban J connectivity index is 1.83. The lowest BCUT2D eigenvalue weighted by Gasteiger charge is -2.23. The van der Waals surface area contributed by atoms with E-state index < -0.39 is 0 Å². The Hall–Kier alpha value is -1.62. The Labute approximate surface area is 131 Å². The van der Waals surface area contributed by atoms with Gasteiger partial charge in [0.05, 0.1) is 5.39 Å². The molecule has 0 unspecified atom stereocenters. The third kappa shape index (κ3) is 2.39. The number of benzene rings is 1. The Morgan fingerprint density at radius 1 is 1.14 bits per heavy atom. The van der Waals surface area contributed by atoms with Gasteiger partial charge in [-0.05, 0) is 31.0 Å². The molecule has 1 fully saturated rings. The van der Waals surface area contributed by atoms with Gasteiger partial charge < -0.3 is 10.3 Å². The average molecular weight is 345 g/mol. The van der Waals surface area contributed by atoms with E-state index in [1.807, 2.05) is 6.07 Å². The molecule has 4 nitrogen and oxygen atoms in total. The highest BCUT2D eigenvalue weighted by atomic mass is 79.9. The zero-order valence-corrected chi connectivity index (χ0v) is 13.3. The smallest absolute Gasteiger partial charge is 0.143 e. The number of aromatic nitrogens is 3. The maximum atomic E-state index is 4.50. The minimum absolute atomic E-state index is 0.536. The monoisotopic (exact) mass is 344 g/mol. The van der Waals surface area contributed by atoms with Gasteiger partial charge in [0.2, 0.25) is 0 Å². The molecule has 0 atom stereocenters. The number of rotatable bonds is 2. The zero-order chi connectivity index (χ0) is 14.2. The number of hydrogen-bond acceptors (Lipinski definition) is 3. The lowest BCUT2D eigenvalue weighted by atomic mass is 9.95. The molecule has 1 aliphatic carbocycles. The Morgan fingerprint density at radius 2 is 2.00 bits per heavy atom. The Kier molecular flexibility index (Phi) is 3.30. The van der Waals surface area contributed by atoms with Gasteiger partial charge in [-0.2, -0.15) is 0 Å². The minimum Gasteiger partial charge on any atom is -0.367 e. The molecule has 0 aliphatic heterocycles. The van der Waals surface area contributed by atoms with Gasteiger partial charge in [-0.15, -0.1) is 0 Å². The van der Waals surface area contributed by atoms with E-state index in [4.69, 9.17) is 0 Å². The molecule has 2 heterocycles. The number of nitrogens with zero attached hydrogens (tertiary/aromatic N) is 2. The first-order chi connectivity index (χ1) is 10.3. The van der Waals surface area contributed by atoms with E-state index in [0.717, 1.165) is 26.8 Å². The molecule has 4 rings (SSSR count). The van der Waals surface area contributed by atoms with Crippen LogP contribution in [0.3, 0.4) is 0 Å². The molecule has 21 heavy (non-hydrogen) atoms. The molecular weight excluding hydrogens is 328 g/mol. The summed E-state index contributed by atoms with van der Waals surface area (Å²) in [6, 6.07) is 6.78. The van der Waals surface area contributed by atoms with Crippen molar-refractivity contribution in [2.24, 2.45) is 0 Å². The number of hydrogen-bond donors (Lipinski definition) is 2. The molecule has 3 aromatic rings. The molecule has 1 aliphatic rings. The van der Waals surface area contributed by atoms with Crippen LogP contribution in [0.25, 0.3) is 21.9 Å². The van der Waals surface area contributed by atoms with Crippen molar-refractivity contribution in [3.05, 3.63) is 29.0 Å². The molecular formula is C16H17BrN4. The Bertz CT molecular complexity index is 789. The lowest BCUT2D eigenvalue weighted by molar-refractivity contribution is 0.462. The van der Waals surface area contributed by atoms with Crippen molar-refractivity contribution in [3.63, 3.8) is 0 Å². The van der Waals surface area contributed by atoms with E-state index in [2.05, 4.69) is 48.3 Å². The van der Waals surface area contributed by atoms with Gasteiger partial charge in [0.25, 0.3) is 0 Å². The predicted octanol–water partition coefficient (Wildman–Crippen LogP) is 4.62. The molecule has 5 heteroatoms. The molecule has 108 valence electrons. The molecule has 2 aromatic heterocycles. The fraction of sp³-hybridized carbons (Fsp3) is 0.375. The Morgan fingerprint density at radius 3 is 2.86 bits per heavy atom. The van der Waals surface area contributed by atoms with Crippen molar-refractivity contribution in [2.45, 2.75) is 38.1 Å².